The minimum atomic E-state index is -0.510. The molecule has 1 atom stereocenters. The molecule has 1 amide bonds. The Morgan fingerprint density at radius 3 is 2.32 bits per heavy atom. The number of aromatic nitrogens is 2. The summed E-state index contributed by atoms with van der Waals surface area (Å²) < 4.78 is 4.99. The Hall–Kier alpha value is -3.52. The number of esters is 1. The van der Waals surface area contributed by atoms with E-state index in [1.807, 2.05) is 73.3 Å². The normalized spacial score (nSPS) is 15.4. The molecule has 178 valence electrons. The minimum Gasteiger partial charge on any atom is -0.467 e. The molecule has 0 spiro atoms. The second-order valence-electron chi connectivity index (χ2n) is 8.83. The maximum Gasteiger partial charge on any atom is 0.328 e. The number of piperazine rings is 1. The van der Waals surface area contributed by atoms with Crippen LogP contribution in [0.3, 0.4) is 0 Å². The van der Waals surface area contributed by atoms with Crippen LogP contribution in [0.1, 0.15) is 30.0 Å². The first-order valence-corrected chi connectivity index (χ1v) is 11.6. The van der Waals surface area contributed by atoms with Crippen molar-refractivity contribution in [2.24, 2.45) is 5.92 Å². The van der Waals surface area contributed by atoms with Crippen LogP contribution in [0.15, 0.2) is 54.6 Å². The van der Waals surface area contributed by atoms with Crippen molar-refractivity contribution in [1.82, 2.24) is 19.8 Å². The van der Waals surface area contributed by atoms with Crippen molar-refractivity contribution in [3.8, 4) is 0 Å². The number of nitrogens with one attached hydrogen (secondary N) is 1. The van der Waals surface area contributed by atoms with Gasteiger partial charge >= 0.3 is 5.97 Å². The highest BCUT2D eigenvalue weighted by Gasteiger charge is 2.26. The standard InChI is InChI=1S/C26H31N5O3/c1-18(2)23(26(33)34-3)29-24-20-11-7-8-12-21(20)27-22(28-24)17-30-13-15-31(16-14-30)25(32)19-9-5-4-6-10-19/h4-12,18,23H,13-17H2,1-3H3,(H,27,28,29)/t23-/m0/s1. The summed E-state index contributed by atoms with van der Waals surface area (Å²) in [6.07, 6.45) is 0. The van der Waals surface area contributed by atoms with Crippen LogP contribution < -0.4 is 5.32 Å². The van der Waals surface area contributed by atoms with E-state index in [1.54, 1.807) is 0 Å². The molecule has 3 aromatic rings. The molecule has 1 saturated heterocycles. The molecule has 1 N–H and O–H groups in total. The van der Waals surface area contributed by atoms with Gasteiger partial charge in [0.05, 0.1) is 19.2 Å². The highest BCUT2D eigenvalue weighted by Crippen LogP contribution is 2.23. The van der Waals surface area contributed by atoms with Crippen molar-refractivity contribution < 1.29 is 14.3 Å². The fourth-order valence-electron chi connectivity index (χ4n) is 4.15. The Kier molecular flexibility index (Phi) is 7.37. The fraction of sp³-hybridized carbons (Fsp3) is 0.385. The first-order valence-electron chi connectivity index (χ1n) is 11.6. The van der Waals surface area contributed by atoms with Crippen LogP contribution >= 0.6 is 0 Å². The highest BCUT2D eigenvalue weighted by molar-refractivity contribution is 5.94. The molecule has 0 radical (unpaired) electrons. The van der Waals surface area contributed by atoms with Gasteiger partial charge in [0.2, 0.25) is 0 Å². The van der Waals surface area contributed by atoms with E-state index in [0.717, 1.165) is 29.6 Å². The third-order valence-corrected chi connectivity index (χ3v) is 6.11. The number of anilines is 1. The Labute approximate surface area is 199 Å². The van der Waals surface area contributed by atoms with Crippen LogP contribution in [-0.4, -0.2) is 71.0 Å². The lowest BCUT2D eigenvalue weighted by atomic mass is 10.0. The molecular weight excluding hydrogens is 430 g/mol. The number of hydrogen-bond acceptors (Lipinski definition) is 7. The molecular formula is C26H31N5O3. The Morgan fingerprint density at radius 2 is 1.65 bits per heavy atom. The zero-order valence-electron chi connectivity index (χ0n) is 19.9. The van der Waals surface area contributed by atoms with Gasteiger partial charge in [-0.3, -0.25) is 9.69 Å². The van der Waals surface area contributed by atoms with E-state index in [4.69, 9.17) is 14.7 Å². The average molecular weight is 462 g/mol. The molecule has 1 aromatic heterocycles. The van der Waals surface area contributed by atoms with Crippen molar-refractivity contribution >= 4 is 28.6 Å². The average Bonchev–Trinajstić information content (AvgIpc) is 2.87. The Morgan fingerprint density at radius 1 is 0.971 bits per heavy atom. The summed E-state index contributed by atoms with van der Waals surface area (Å²) in [4.78, 5) is 38.7. The van der Waals surface area contributed by atoms with Crippen LogP contribution in [-0.2, 0) is 16.1 Å². The molecule has 0 aliphatic carbocycles. The number of benzene rings is 2. The minimum absolute atomic E-state index is 0.0276. The maximum absolute atomic E-state index is 12.7. The van der Waals surface area contributed by atoms with Crippen LogP contribution in [0.4, 0.5) is 5.82 Å². The molecule has 0 saturated carbocycles. The first-order chi connectivity index (χ1) is 16.5. The van der Waals surface area contributed by atoms with Gasteiger partial charge in [-0.1, -0.05) is 44.2 Å². The second-order valence-corrected chi connectivity index (χ2v) is 8.83. The zero-order chi connectivity index (χ0) is 24.1. The number of nitrogens with zero attached hydrogens (tertiary/aromatic N) is 4. The van der Waals surface area contributed by atoms with E-state index >= 15 is 0 Å². The number of carbonyl (C=O) groups is 2. The molecule has 1 aliphatic heterocycles. The van der Waals surface area contributed by atoms with E-state index in [-0.39, 0.29) is 17.8 Å². The summed E-state index contributed by atoms with van der Waals surface area (Å²) >= 11 is 0. The van der Waals surface area contributed by atoms with Crippen molar-refractivity contribution in [2.75, 3.05) is 38.6 Å². The molecule has 0 bridgehead atoms. The van der Waals surface area contributed by atoms with E-state index in [2.05, 4.69) is 10.2 Å². The van der Waals surface area contributed by atoms with Gasteiger partial charge in [-0.05, 0) is 30.2 Å². The van der Waals surface area contributed by atoms with Gasteiger partial charge in [-0.2, -0.15) is 0 Å². The maximum atomic E-state index is 12.7. The second kappa shape index (κ2) is 10.6. The van der Waals surface area contributed by atoms with E-state index in [9.17, 15) is 9.59 Å². The third kappa shape index (κ3) is 5.34. The van der Waals surface area contributed by atoms with Gasteiger partial charge in [0.25, 0.3) is 5.91 Å². The first kappa shape index (κ1) is 23.6. The topological polar surface area (TPSA) is 87.7 Å². The third-order valence-electron chi connectivity index (χ3n) is 6.11. The van der Waals surface area contributed by atoms with Crippen LogP contribution in [0, 0.1) is 5.92 Å². The van der Waals surface area contributed by atoms with Gasteiger partial charge in [0.1, 0.15) is 17.7 Å². The zero-order valence-corrected chi connectivity index (χ0v) is 19.9. The van der Waals surface area contributed by atoms with Crippen molar-refractivity contribution in [1.29, 1.82) is 0 Å². The highest BCUT2D eigenvalue weighted by atomic mass is 16.5. The van der Waals surface area contributed by atoms with E-state index in [0.29, 0.717) is 31.3 Å². The van der Waals surface area contributed by atoms with E-state index < -0.39 is 6.04 Å². The predicted molar refractivity (Wildman–Crippen MR) is 131 cm³/mol. The molecule has 8 nitrogen and oxygen atoms in total. The summed E-state index contributed by atoms with van der Waals surface area (Å²) in [6, 6.07) is 16.6. The molecule has 2 heterocycles. The van der Waals surface area contributed by atoms with Crippen LogP contribution in [0.25, 0.3) is 10.9 Å². The van der Waals surface area contributed by atoms with Gasteiger partial charge in [0, 0.05) is 37.1 Å². The quantitative estimate of drug-likeness (QED) is 0.541. The van der Waals surface area contributed by atoms with Crippen LogP contribution in [0.5, 0.6) is 0 Å². The van der Waals surface area contributed by atoms with Gasteiger partial charge < -0.3 is 15.0 Å². The lowest BCUT2D eigenvalue weighted by Crippen LogP contribution is -2.48. The lowest BCUT2D eigenvalue weighted by Gasteiger charge is -2.34. The summed E-state index contributed by atoms with van der Waals surface area (Å²) in [5.74, 6) is 1.08. The van der Waals surface area contributed by atoms with Crippen molar-refractivity contribution in [3.05, 3.63) is 66.0 Å². The fourth-order valence-corrected chi connectivity index (χ4v) is 4.15. The summed E-state index contributed by atoms with van der Waals surface area (Å²) in [5.41, 5.74) is 1.54. The van der Waals surface area contributed by atoms with Crippen LogP contribution in [0.2, 0.25) is 0 Å². The molecule has 1 aliphatic rings. The number of methoxy groups -OCH3 is 1. The molecule has 2 aromatic carbocycles. The number of ether oxygens (including phenoxy) is 1. The molecule has 34 heavy (non-hydrogen) atoms. The Balaban J connectivity index is 1.48. The number of amides is 1. The molecule has 1 fully saturated rings. The number of para-hydroxylation sites is 1. The SMILES string of the molecule is COC(=O)[C@@H](Nc1nc(CN2CCN(C(=O)c3ccccc3)CC2)nc2ccccc12)C(C)C. The van der Waals surface area contributed by atoms with Gasteiger partial charge in [-0.25, -0.2) is 14.8 Å². The number of hydrogen-bond donors (Lipinski definition) is 1. The number of rotatable bonds is 7. The van der Waals surface area contributed by atoms with E-state index in [1.165, 1.54) is 7.11 Å². The predicted octanol–water partition coefficient (Wildman–Crippen LogP) is 3.20. The Bertz CT molecular complexity index is 1140. The van der Waals surface area contributed by atoms with Crippen molar-refractivity contribution in [3.63, 3.8) is 0 Å². The van der Waals surface area contributed by atoms with Crippen molar-refractivity contribution in [2.45, 2.75) is 26.4 Å². The summed E-state index contributed by atoms with van der Waals surface area (Å²) in [6.45, 7) is 7.30. The largest absolute Gasteiger partial charge is 0.467 e. The molecule has 8 heteroatoms. The summed E-state index contributed by atoms with van der Waals surface area (Å²) in [5, 5.41) is 4.15. The van der Waals surface area contributed by atoms with Gasteiger partial charge in [0.15, 0.2) is 0 Å². The number of fused-ring (bicyclic) bond motifs is 1. The molecule has 0 unspecified atom stereocenters. The summed E-state index contributed by atoms with van der Waals surface area (Å²) in [7, 11) is 1.39. The molecule has 4 rings (SSSR count). The van der Waals surface area contributed by atoms with Gasteiger partial charge in [-0.15, -0.1) is 0 Å². The number of carbonyl (C=O) groups excluding carboxylic acids is 2. The smallest absolute Gasteiger partial charge is 0.328 e. The lowest BCUT2D eigenvalue weighted by molar-refractivity contribution is -0.142. The monoisotopic (exact) mass is 461 g/mol.